The Morgan fingerprint density at radius 1 is 1.31 bits per heavy atom. The van der Waals surface area contributed by atoms with E-state index in [0.29, 0.717) is 17.1 Å². The van der Waals surface area contributed by atoms with E-state index in [9.17, 15) is 9.59 Å². The summed E-state index contributed by atoms with van der Waals surface area (Å²) in [5.74, 6) is -0.380. The molecule has 2 heterocycles. The molecule has 7 heteroatoms. The van der Waals surface area contributed by atoms with Gasteiger partial charge in [-0.15, -0.1) is 0 Å². The van der Waals surface area contributed by atoms with Crippen LogP contribution < -0.4 is 0 Å². The highest BCUT2D eigenvalue weighted by Crippen LogP contribution is 2.30. The lowest BCUT2D eigenvalue weighted by atomic mass is 10.2. The molecule has 0 radical (unpaired) electrons. The van der Waals surface area contributed by atoms with Crippen molar-refractivity contribution in [1.29, 1.82) is 0 Å². The summed E-state index contributed by atoms with van der Waals surface area (Å²) in [5.41, 5.74) is 0.487. The van der Waals surface area contributed by atoms with Gasteiger partial charge in [-0.1, -0.05) is 36.7 Å². The first-order valence-electron chi connectivity index (χ1n) is 8.89. The molecule has 1 aliphatic heterocycles. The molecular formula is C19H22ClN3O2S. The fraction of sp³-hybridized carbons (Fsp3) is 0.421. The minimum atomic E-state index is -0.285. The van der Waals surface area contributed by atoms with Crippen LogP contribution in [0.15, 0.2) is 41.8 Å². The highest BCUT2D eigenvalue weighted by atomic mass is 35.5. The molecule has 1 unspecified atom stereocenters. The summed E-state index contributed by atoms with van der Waals surface area (Å²) in [6, 6.07) is 6.67. The smallest absolute Gasteiger partial charge is 0.260 e. The van der Waals surface area contributed by atoms with Gasteiger partial charge in [-0.3, -0.25) is 14.5 Å². The highest BCUT2D eigenvalue weighted by Gasteiger charge is 2.33. The van der Waals surface area contributed by atoms with E-state index < -0.39 is 0 Å². The van der Waals surface area contributed by atoms with E-state index in [1.807, 2.05) is 6.20 Å². The topological polar surface area (TPSA) is 55.2 Å². The first-order valence-corrected chi connectivity index (χ1v) is 10.1. The normalized spacial score (nSPS) is 18.0. The fourth-order valence-corrected chi connectivity index (χ4v) is 4.32. The van der Waals surface area contributed by atoms with E-state index in [2.05, 4.69) is 16.5 Å². The van der Waals surface area contributed by atoms with Crippen LogP contribution in [0.3, 0.4) is 0 Å². The van der Waals surface area contributed by atoms with Gasteiger partial charge in [0.05, 0.1) is 5.25 Å². The Labute approximate surface area is 162 Å². The average Bonchev–Trinajstić information content (AvgIpc) is 2.99. The van der Waals surface area contributed by atoms with Gasteiger partial charge < -0.3 is 4.57 Å². The van der Waals surface area contributed by atoms with Gasteiger partial charge in [0.25, 0.3) is 5.91 Å². The quantitative estimate of drug-likeness (QED) is 0.714. The first kappa shape index (κ1) is 19.0. The number of imide groups is 1. The number of nitrogens with zero attached hydrogens (tertiary/aromatic N) is 3. The van der Waals surface area contributed by atoms with Gasteiger partial charge in [-0.2, -0.15) is 0 Å². The minimum absolute atomic E-state index is 0.126. The van der Waals surface area contributed by atoms with Crippen molar-refractivity contribution in [2.24, 2.45) is 0 Å². The molecule has 0 saturated carbocycles. The van der Waals surface area contributed by atoms with E-state index in [0.717, 1.165) is 37.4 Å². The Balaban J connectivity index is 1.77. The van der Waals surface area contributed by atoms with Crippen LogP contribution in [0.5, 0.6) is 0 Å². The van der Waals surface area contributed by atoms with Crippen LogP contribution in [-0.4, -0.2) is 38.1 Å². The Morgan fingerprint density at radius 3 is 2.81 bits per heavy atom. The summed E-state index contributed by atoms with van der Waals surface area (Å²) < 4.78 is 2.06. The van der Waals surface area contributed by atoms with Crippen LogP contribution in [0.25, 0.3) is 0 Å². The molecule has 2 amide bonds. The number of hydrogen-bond acceptors (Lipinski definition) is 4. The zero-order valence-electron chi connectivity index (χ0n) is 14.7. The highest BCUT2D eigenvalue weighted by molar-refractivity contribution is 8.00. The second-order valence-electron chi connectivity index (χ2n) is 6.31. The molecule has 5 nitrogen and oxygen atoms in total. The molecule has 0 aliphatic carbocycles. The number of benzene rings is 1. The number of imidazole rings is 1. The van der Waals surface area contributed by atoms with Crippen molar-refractivity contribution >= 4 is 35.2 Å². The number of amides is 2. The molecule has 1 fully saturated rings. The average molecular weight is 392 g/mol. The maximum atomic E-state index is 13.0. The Morgan fingerprint density at radius 2 is 2.08 bits per heavy atom. The van der Waals surface area contributed by atoms with E-state index in [4.69, 9.17) is 11.6 Å². The third-order valence-electron chi connectivity index (χ3n) is 4.37. The second-order valence-corrected chi connectivity index (χ2v) is 7.91. The number of thioether (sulfide) groups is 1. The van der Waals surface area contributed by atoms with E-state index in [1.165, 1.54) is 16.7 Å². The van der Waals surface area contributed by atoms with Crippen molar-refractivity contribution in [2.45, 2.75) is 49.6 Å². The number of likely N-dealkylation sites (tertiary alicyclic amines) is 1. The molecule has 1 aliphatic rings. The molecule has 138 valence electrons. The van der Waals surface area contributed by atoms with Crippen LogP contribution in [-0.2, 0) is 11.3 Å². The summed E-state index contributed by atoms with van der Waals surface area (Å²) in [5, 5.41) is 1.12. The second kappa shape index (κ2) is 8.73. The summed E-state index contributed by atoms with van der Waals surface area (Å²) >= 11 is 7.36. The van der Waals surface area contributed by atoms with Crippen LogP contribution in [0, 0.1) is 0 Å². The van der Waals surface area contributed by atoms with Crippen molar-refractivity contribution in [3.8, 4) is 0 Å². The molecule has 1 aromatic carbocycles. The largest absolute Gasteiger partial charge is 0.326 e. The molecule has 2 aromatic rings. The van der Waals surface area contributed by atoms with Crippen molar-refractivity contribution in [2.75, 3.05) is 6.54 Å². The van der Waals surface area contributed by atoms with E-state index in [-0.39, 0.29) is 17.1 Å². The van der Waals surface area contributed by atoms with Gasteiger partial charge >= 0.3 is 0 Å². The molecule has 3 rings (SSSR count). The summed E-state index contributed by atoms with van der Waals surface area (Å²) in [4.78, 5) is 31.6. The molecule has 0 bridgehead atoms. The van der Waals surface area contributed by atoms with Crippen LogP contribution in [0.4, 0.5) is 0 Å². The number of halogens is 1. The molecule has 1 saturated heterocycles. The van der Waals surface area contributed by atoms with Crippen LogP contribution in [0.2, 0.25) is 5.02 Å². The number of aryl methyl sites for hydroxylation is 1. The van der Waals surface area contributed by atoms with Crippen molar-refractivity contribution in [1.82, 2.24) is 14.5 Å². The van der Waals surface area contributed by atoms with Crippen LogP contribution in [0.1, 0.15) is 43.0 Å². The third-order valence-corrected chi connectivity index (χ3v) is 5.89. The Hall–Kier alpha value is -1.79. The van der Waals surface area contributed by atoms with Crippen molar-refractivity contribution in [3.05, 3.63) is 47.2 Å². The monoisotopic (exact) mass is 391 g/mol. The summed E-state index contributed by atoms with van der Waals surface area (Å²) in [6.07, 6.45) is 7.20. The minimum Gasteiger partial charge on any atom is -0.326 e. The van der Waals surface area contributed by atoms with Gasteiger partial charge in [0.15, 0.2) is 5.16 Å². The molecule has 0 spiro atoms. The molecular weight excluding hydrogens is 370 g/mol. The van der Waals surface area contributed by atoms with Crippen molar-refractivity contribution in [3.63, 3.8) is 0 Å². The van der Waals surface area contributed by atoms with E-state index >= 15 is 0 Å². The predicted molar refractivity (Wildman–Crippen MR) is 104 cm³/mol. The van der Waals surface area contributed by atoms with Gasteiger partial charge in [0, 0.05) is 36.1 Å². The van der Waals surface area contributed by atoms with E-state index in [1.54, 1.807) is 30.5 Å². The van der Waals surface area contributed by atoms with Gasteiger partial charge in [0.1, 0.15) is 0 Å². The number of carbonyl (C=O) groups excluding carboxylic acids is 2. The molecule has 26 heavy (non-hydrogen) atoms. The van der Waals surface area contributed by atoms with Crippen LogP contribution >= 0.6 is 23.4 Å². The lowest BCUT2D eigenvalue weighted by Crippen LogP contribution is -2.41. The first-order chi connectivity index (χ1) is 12.6. The standard InChI is InChI=1S/C19H22ClN3O2S/c1-2-11-22-13-10-21-19(22)26-16-5-3-4-12-23(18(16)25)17(24)14-6-8-15(20)9-7-14/h6-10,13,16H,2-5,11-12H2,1H3. The number of hydrogen-bond donors (Lipinski definition) is 0. The zero-order chi connectivity index (χ0) is 18.5. The maximum absolute atomic E-state index is 13.0. The lowest BCUT2D eigenvalue weighted by Gasteiger charge is -2.22. The van der Waals surface area contributed by atoms with Gasteiger partial charge in [-0.05, 0) is 43.5 Å². The molecule has 1 atom stereocenters. The predicted octanol–water partition coefficient (Wildman–Crippen LogP) is 4.26. The Bertz CT molecular complexity index is 775. The molecule has 0 N–H and O–H groups in total. The SMILES string of the molecule is CCCn1ccnc1SC1CCCCN(C(=O)c2ccc(Cl)cc2)C1=O. The molecule has 1 aromatic heterocycles. The fourth-order valence-electron chi connectivity index (χ4n) is 3.02. The van der Waals surface area contributed by atoms with Gasteiger partial charge in [0.2, 0.25) is 5.91 Å². The summed E-state index contributed by atoms with van der Waals surface area (Å²) in [7, 11) is 0. The third kappa shape index (κ3) is 4.30. The lowest BCUT2D eigenvalue weighted by molar-refractivity contribution is -0.127. The number of carbonyl (C=O) groups is 2. The van der Waals surface area contributed by atoms with Gasteiger partial charge in [-0.25, -0.2) is 4.98 Å². The van der Waals surface area contributed by atoms with Crippen molar-refractivity contribution < 1.29 is 9.59 Å². The number of aromatic nitrogens is 2. The maximum Gasteiger partial charge on any atom is 0.260 e. The Kier molecular flexibility index (Phi) is 6.38. The zero-order valence-corrected chi connectivity index (χ0v) is 16.3. The number of rotatable bonds is 5. The summed E-state index contributed by atoms with van der Waals surface area (Å²) in [6.45, 7) is 3.44.